The van der Waals surface area contributed by atoms with Crippen LogP contribution >= 0.6 is 0 Å². The maximum Gasteiger partial charge on any atom is 0.426 e. The van der Waals surface area contributed by atoms with E-state index in [1.165, 1.54) is 0 Å². The van der Waals surface area contributed by atoms with Crippen LogP contribution in [0.5, 0.6) is 0 Å². The van der Waals surface area contributed by atoms with E-state index in [-0.39, 0.29) is 13.0 Å². The van der Waals surface area contributed by atoms with Gasteiger partial charge in [-0.3, -0.25) is 9.59 Å². The first kappa shape index (κ1) is 26.2. The van der Waals surface area contributed by atoms with Crippen LogP contribution in [0.4, 0.5) is 9.59 Å². The molecule has 0 saturated heterocycles. The number of ether oxygens (including phenoxy) is 2. The van der Waals surface area contributed by atoms with Crippen LogP contribution in [0.25, 0.3) is 0 Å². The summed E-state index contributed by atoms with van der Waals surface area (Å²) >= 11 is 0. The SMILES string of the molecule is CC(C)(C)OC(=O)N[C@@H](Cc1ccccc1)C(=O)N(CC(=O)O)NC(=O)OCc1ccccc1. The van der Waals surface area contributed by atoms with Gasteiger partial charge in [-0.15, -0.1) is 0 Å². The van der Waals surface area contributed by atoms with Gasteiger partial charge in [0.15, 0.2) is 0 Å². The van der Waals surface area contributed by atoms with Gasteiger partial charge in [-0.05, 0) is 31.9 Å². The van der Waals surface area contributed by atoms with Gasteiger partial charge in [0.2, 0.25) is 0 Å². The molecule has 0 unspecified atom stereocenters. The number of carbonyl (C=O) groups is 4. The molecule has 0 radical (unpaired) electrons. The zero-order chi connectivity index (χ0) is 25.1. The summed E-state index contributed by atoms with van der Waals surface area (Å²) in [6.07, 6.45) is -1.84. The monoisotopic (exact) mass is 471 g/mol. The number of carbonyl (C=O) groups excluding carboxylic acids is 3. The average molecular weight is 472 g/mol. The van der Waals surface area contributed by atoms with Gasteiger partial charge in [-0.1, -0.05) is 60.7 Å². The number of hydrogen-bond acceptors (Lipinski definition) is 6. The number of hydrazine groups is 1. The molecule has 0 aromatic heterocycles. The van der Waals surface area contributed by atoms with Crippen molar-refractivity contribution in [2.45, 2.75) is 45.4 Å². The highest BCUT2D eigenvalue weighted by atomic mass is 16.6. The molecule has 10 heteroatoms. The normalized spacial score (nSPS) is 11.6. The fraction of sp³-hybridized carbons (Fsp3) is 0.333. The topological polar surface area (TPSA) is 134 Å². The minimum Gasteiger partial charge on any atom is -0.480 e. The molecule has 10 nitrogen and oxygen atoms in total. The van der Waals surface area contributed by atoms with E-state index in [9.17, 15) is 24.3 Å². The quantitative estimate of drug-likeness (QED) is 0.504. The summed E-state index contributed by atoms with van der Waals surface area (Å²) in [6, 6.07) is 16.4. The summed E-state index contributed by atoms with van der Waals surface area (Å²) in [5.74, 6) is -2.22. The number of rotatable bonds is 8. The molecule has 2 aromatic carbocycles. The van der Waals surface area contributed by atoms with E-state index in [0.29, 0.717) is 16.1 Å². The number of carboxylic acid groups (broad SMARTS) is 1. The number of amides is 3. The van der Waals surface area contributed by atoms with Crippen LogP contribution < -0.4 is 10.7 Å². The summed E-state index contributed by atoms with van der Waals surface area (Å²) in [5.41, 5.74) is 2.76. The van der Waals surface area contributed by atoms with Crippen LogP contribution in [0, 0.1) is 0 Å². The summed E-state index contributed by atoms with van der Waals surface area (Å²) in [6.45, 7) is 4.08. The Kier molecular flexibility index (Phi) is 9.42. The molecule has 0 saturated carbocycles. The molecule has 0 fully saturated rings. The minimum atomic E-state index is -1.37. The number of nitrogens with zero attached hydrogens (tertiary/aromatic N) is 1. The van der Waals surface area contributed by atoms with E-state index in [4.69, 9.17) is 9.47 Å². The Labute approximate surface area is 197 Å². The van der Waals surface area contributed by atoms with Crippen LogP contribution in [0.1, 0.15) is 31.9 Å². The van der Waals surface area contributed by atoms with Gasteiger partial charge in [-0.25, -0.2) is 20.0 Å². The second-order valence-electron chi connectivity index (χ2n) is 8.38. The fourth-order valence-corrected chi connectivity index (χ4v) is 2.86. The molecule has 0 aliphatic carbocycles. The first-order chi connectivity index (χ1) is 16.0. The summed E-state index contributed by atoms with van der Waals surface area (Å²) in [7, 11) is 0. The van der Waals surface area contributed by atoms with E-state index in [1.54, 1.807) is 81.4 Å². The van der Waals surface area contributed by atoms with E-state index in [1.807, 2.05) is 0 Å². The number of aliphatic carboxylic acids is 1. The molecule has 0 spiro atoms. The zero-order valence-corrected chi connectivity index (χ0v) is 19.3. The second kappa shape index (κ2) is 12.2. The standard InChI is InChI=1S/C24H29N3O7/c1-24(2,3)34-22(31)25-19(14-17-10-6-4-7-11-17)21(30)27(15-20(28)29)26-23(32)33-16-18-12-8-5-9-13-18/h4-13,19H,14-16H2,1-3H3,(H,25,31)(H,26,32)(H,28,29)/t19-/m0/s1. The van der Waals surface area contributed by atoms with Crippen molar-refractivity contribution in [2.24, 2.45) is 0 Å². The van der Waals surface area contributed by atoms with Gasteiger partial charge in [0.1, 0.15) is 24.8 Å². The zero-order valence-electron chi connectivity index (χ0n) is 19.3. The van der Waals surface area contributed by atoms with Gasteiger partial charge in [-0.2, -0.15) is 0 Å². The fourth-order valence-electron chi connectivity index (χ4n) is 2.86. The van der Waals surface area contributed by atoms with Crippen molar-refractivity contribution in [3.8, 4) is 0 Å². The van der Waals surface area contributed by atoms with Crippen molar-refractivity contribution >= 4 is 24.1 Å². The Balaban J connectivity index is 2.16. The largest absolute Gasteiger partial charge is 0.480 e. The van der Waals surface area contributed by atoms with Gasteiger partial charge in [0, 0.05) is 6.42 Å². The second-order valence-corrected chi connectivity index (χ2v) is 8.38. The summed E-state index contributed by atoms with van der Waals surface area (Å²) < 4.78 is 10.3. The van der Waals surface area contributed by atoms with Crippen molar-refractivity contribution in [3.05, 3.63) is 71.8 Å². The molecule has 2 aromatic rings. The molecule has 1 atom stereocenters. The number of hydrogen-bond donors (Lipinski definition) is 3. The molecule has 0 aliphatic heterocycles. The molecule has 0 bridgehead atoms. The van der Waals surface area contributed by atoms with Crippen LogP contribution in [0.15, 0.2) is 60.7 Å². The summed E-state index contributed by atoms with van der Waals surface area (Å²) in [5, 5.41) is 12.3. The van der Waals surface area contributed by atoms with Crippen LogP contribution in [-0.2, 0) is 32.1 Å². The first-order valence-corrected chi connectivity index (χ1v) is 10.6. The smallest absolute Gasteiger partial charge is 0.426 e. The Hall–Kier alpha value is -4.08. The Bertz CT molecular complexity index is 975. The number of carboxylic acids is 1. The molecule has 182 valence electrons. The lowest BCUT2D eigenvalue weighted by molar-refractivity contribution is -0.147. The Morgan fingerprint density at radius 2 is 1.47 bits per heavy atom. The maximum atomic E-state index is 13.2. The number of nitrogens with one attached hydrogen (secondary N) is 2. The third-order valence-corrected chi connectivity index (χ3v) is 4.27. The van der Waals surface area contributed by atoms with Crippen molar-refractivity contribution in [1.29, 1.82) is 0 Å². The van der Waals surface area contributed by atoms with Crippen molar-refractivity contribution < 1.29 is 33.8 Å². The van der Waals surface area contributed by atoms with Crippen LogP contribution in [-0.4, -0.2) is 52.4 Å². The lowest BCUT2D eigenvalue weighted by Crippen LogP contribution is -2.57. The molecule has 2 rings (SSSR count). The van der Waals surface area contributed by atoms with Gasteiger partial charge in [0.25, 0.3) is 5.91 Å². The van der Waals surface area contributed by atoms with Crippen molar-refractivity contribution in [2.75, 3.05) is 6.54 Å². The van der Waals surface area contributed by atoms with Crippen LogP contribution in [0.3, 0.4) is 0 Å². The average Bonchev–Trinajstić information content (AvgIpc) is 2.76. The Morgan fingerprint density at radius 1 is 0.912 bits per heavy atom. The van der Waals surface area contributed by atoms with Gasteiger partial charge in [0.05, 0.1) is 0 Å². The molecule has 34 heavy (non-hydrogen) atoms. The first-order valence-electron chi connectivity index (χ1n) is 10.6. The highest BCUT2D eigenvalue weighted by Gasteiger charge is 2.31. The van der Waals surface area contributed by atoms with E-state index >= 15 is 0 Å². The highest BCUT2D eigenvalue weighted by Crippen LogP contribution is 2.10. The van der Waals surface area contributed by atoms with Crippen LogP contribution in [0.2, 0.25) is 0 Å². The lowest BCUT2D eigenvalue weighted by atomic mass is 10.1. The minimum absolute atomic E-state index is 0.0375. The Morgan fingerprint density at radius 3 is 2.00 bits per heavy atom. The van der Waals surface area contributed by atoms with E-state index < -0.39 is 42.3 Å². The number of alkyl carbamates (subject to hydrolysis) is 1. The highest BCUT2D eigenvalue weighted by molar-refractivity contribution is 5.89. The third-order valence-electron chi connectivity index (χ3n) is 4.27. The van der Waals surface area contributed by atoms with E-state index in [2.05, 4.69) is 10.7 Å². The predicted molar refractivity (Wildman–Crippen MR) is 122 cm³/mol. The summed E-state index contributed by atoms with van der Waals surface area (Å²) in [4.78, 5) is 49.2. The number of benzene rings is 2. The molecule has 0 aliphatic rings. The van der Waals surface area contributed by atoms with Crippen molar-refractivity contribution in [1.82, 2.24) is 15.8 Å². The lowest BCUT2D eigenvalue weighted by Gasteiger charge is -2.28. The molecule has 3 amide bonds. The van der Waals surface area contributed by atoms with Crippen molar-refractivity contribution in [3.63, 3.8) is 0 Å². The maximum absolute atomic E-state index is 13.2. The molecule has 0 heterocycles. The predicted octanol–water partition coefficient (Wildman–Crippen LogP) is 2.88. The molecular weight excluding hydrogens is 442 g/mol. The molecule has 3 N–H and O–H groups in total. The molecular formula is C24H29N3O7. The van der Waals surface area contributed by atoms with Gasteiger partial charge >= 0.3 is 18.2 Å². The van der Waals surface area contributed by atoms with Gasteiger partial charge < -0.3 is 19.9 Å². The van der Waals surface area contributed by atoms with E-state index in [0.717, 1.165) is 0 Å². The third kappa shape index (κ3) is 9.60.